The average Bonchev–Trinajstić information content (AvgIpc) is 2.96. The molecule has 6 heteroatoms. The van der Waals surface area contributed by atoms with Crippen molar-refractivity contribution in [2.45, 2.75) is 76.7 Å². The molecule has 2 unspecified atom stereocenters. The number of methoxy groups -OCH3 is 1. The number of dihydropyridines is 1. The van der Waals surface area contributed by atoms with Crippen LogP contribution in [0.15, 0.2) is 82.6 Å². The van der Waals surface area contributed by atoms with Gasteiger partial charge < -0.3 is 14.8 Å². The molecule has 202 valence electrons. The molecule has 1 N–H and O–H groups in total. The van der Waals surface area contributed by atoms with Gasteiger partial charge >= 0.3 is 5.97 Å². The van der Waals surface area contributed by atoms with Gasteiger partial charge in [-0.1, -0.05) is 30.7 Å². The number of rotatable bonds is 5. The van der Waals surface area contributed by atoms with Crippen molar-refractivity contribution in [3.8, 4) is 0 Å². The van der Waals surface area contributed by atoms with E-state index < -0.39 is 5.92 Å². The Labute approximate surface area is 229 Å². The number of carbonyl (C=O) groups is 2. The third kappa shape index (κ3) is 4.81. The fraction of sp³-hybridized carbons (Fsp3) is 0.424. The number of hydrogen-bond donors (Lipinski definition) is 1. The summed E-state index contributed by atoms with van der Waals surface area (Å²) in [6, 6.07) is 9.90. The van der Waals surface area contributed by atoms with E-state index in [0.29, 0.717) is 24.0 Å². The van der Waals surface area contributed by atoms with Crippen LogP contribution < -0.4 is 5.32 Å². The van der Waals surface area contributed by atoms with Crippen molar-refractivity contribution < 1.29 is 19.1 Å². The molecule has 4 aliphatic rings. The molecule has 0 radical (unpaired) electrons. The normalized spacial score (nSPS) is 24.1. The molecule has 1 aromatic heterocycles. The minimum absolute atomic E-state index is 0.0676. The van der Waals surface area contributed by atoms with E-state index in [0.717, 1.165) is 72.1 Å². The number of esters is 1. The number of aromatic nitrogens is 1. The van der Waals surface area contributed by atoms with Crippen molar-refractivity contribution in [3.05, 3.63) is 88.1 Å². The highest BCUT2D eigenvalue weighted by Gasteiger charge is 2.43. The van der Waals surface area contributed by atoms with Gasteiger partial charge in [0.05, 0.1) is 18.2 Å². The van der Waals surface area contributed by atoms with E-state index in [2.05, 4.69) is 16.4 Å². The lowest BCUT2D eigenvalue weighted by atomic mass is 9.70. The lowest BCUT2D eigenvalue weighted by Gasteiger charge is -2.38. The smallest absolute Gasteiger partial charge is 0.337 e. The minimum Gasteiger partial charge on any atom is -0.497 e. The Morgan fingerprint density at radius 1 is 1.08 bits per heavy atom. The van der Waals surface area contributed by atoms with E-state index in [1.165, 1.54) is 12.0 Å². The molecule has 3 aliphatic carbocycles. The van der Waals surface area contributed by atoms with E-state index >= 15 is 0 Å². The highest BCUT2D eigenvalue weighted by atomic mass is 16.5. The van der Waals surface area contributed by atoms with Crippen LogP contribution in [0.3, 0.4) is 0 Å². The van der Waals surface area contributed by atoms with Crippen LogP contribution in [0.2, 0.25) is 0 Å². The first-order valence-electron chi connectivity index (χ1n) is 14.3. The molecule has 6 nitrogen and oxygen atoms in total. The van der Waals surface area contributed by atoms with Gasteiger partial charge in [-0.2, -0.15) is 0 Å². The monoisotopic (exact) mass is 524 g/mol. The predicted molar refractivity (Wildman–Crippen MR) is 150 cm³/mol. The van der Waals surface area contributed by atoms with Gasteiger partial charge in [-0.3, -0.25) is 9.78 Å². The molecular formula is C33H36N2O4. The first-order valence-corrected chi connectivity index (χ1v) is 14.3. The molecule has 0 saturated heterocycles. The number of ether oxygens (including phenoxy) is 2. The second-order valence-corrected chi connectivity index (χ2v) is 11.1. The average molecular weight is 525 g/mol. The molecule has 1 fully saturated rings. The maximum atomic E-state index is 14.1. The zero-order valence-corrected chi connectivity index (χ0v) is 22.8. The summed E-state index contributed by atoms with van der Waals surface area (Å²) < 4.78 is 11.8. The third-order valence-electron chi connectivity index (χ3n) is 8.75. The lowest BCUT2D eigenvalue weighted by molar-refractivity contribution is -0.146. The van der Waals surface area contributed by atoms with Gasteiger partial charge in [0.15, 0.2) is 5.78 Å². The zero-order chi connectivity index (χ0) is 26.9. The summed E-state index contributed by atoms with van der Waals surface area (Å²) >= 11 is 0. The highest BCUT2D eigenvalue weighted by Crippen LogP contribution is 2.47. The minimum atomic E-state index is -0.499. The summed E-state index contributed by atoms with van der Waals surface area (Å²) in [4.78, 5) is 32.5. The van der Waals surface area contributed by atoms with Crippen LogP contribution in [0.5, 0.6) is 0 Å². The Bertz CT molecular complexity index is 1440. The van der Waals surface area contributed by atoms with Crippen molar-refractivity contribution in [1.29, 1.82) is 0 Å². The molecule has 1 aromatic carbocycles. The molecule has 0 bridgehead atoms. The standard InChI is InChI=1S/C33H36N2O4/c1-20-30(33(37)39-22-10-4-3-5-11-22)31(25-16-17-34-26-14-8-6-13-24(25)26)32-27(35-20)18-21(19-28(32)36)23-12-7-9-15-29(23)38-2/h6,8-9,13-17,21-22,31,35H,3-5,7,10-12,18-19H2,1-2H3. The summed E-state index contributed by atoms with van der Waals surface area (Å²) in [5, 5.41) is 4.46. The third-order valence-corrected chi connectivity index (χ3v) is 8.75. The van der Waals surface area contributed by atoms with Gasteiger partial charge in [-0.15, -0.1) is 0 Å². The van der Waals surface area contributed by atoms with Crippen LogP contribution in [0.4, 0.5) is 0 Å². The Hall–Kier alpha value is -3.67. The van der Waals surface area contributed by atoms with Crippen molar-refractivity contribution in [2.24, 2.45) is 5.92 Å². The van der Waals surface area contributed by atoms with Crippen LogP contribution in [0, 0.1) is 5.92 Å². The predicted octanol–water partition coefficient (Wildman–Crippen LogP) is 6.56. The van der Waals surface area contributed by atoms with E-state index in [4.69, 9.17) is 9.47 Å². The van der Waals surface area contributed by atoms with Crippen LogP contribution in [-0.4, -0.2) is 30.0 Å². The molecular weight excluding hydrogens is 488 g/mol. The molecule has 1 saturated carbocycles. The molecule has 6 rings (SSSR count). The van der Waals surface area contributed by atoms with Crippen LogP contribution in [0.1, 0.15) is 76.2 Å². The van der Waals surface area contributed by atoms with E-state index in [1.54, 1.807) is 13.3 Å². The van der Waals surface area contributed by atoms with Gasteiger partial charge in [-0.05, 0) is 87.1 Å². The first kappa shape index (κ1) is 25.6. The van der Waals surface area contributed by atoms with E-state index in [9.17, 15) is 9.59 Å². The molecule has 2 atom stereocenters. The number of allylic oxidation sites excluding steroid dienone is 6. The number of fused-ring (bicyclic) bond motifs is 1. The highest BCUT2D eigenvalue weighted by molar-refractivity contribution is 6.05. The Kier molecular flexibility index (Phi) is 7.11. The number of nitrogens with zero attached hydrogens (tertiary/aromatic N) is 1. The maximum absolute atomic E-state index is 14.1. The van der Waals surface area contributed by atoms with Crippen molar-refractivity contribution in [2.75, 3.05) is 7.11 Å². The molecule has 0 spiro atoms. The van der Waals surface area contributed by atoms with Crippen LogP contribution in [-0.2, 0) is 19.1 Å². The van der Waals surface area contributed by atoms with Gasteiger partial charge in [0, 0.05) is 40.9 Å². The number of ketones is 1. The van der Waals surface area contributed by atoms with E-state index in [1.807, 2.05) is 43.3 Å². The van der Waals surface area contributed by atoms with E-state index in [-0.39, 0.29) is 23.8 Å². The summed E-state index contributed by atoms with van der Waals surface area (Å²) in [6.07, 6.45) is 14.0. The first-order chi connectivity index (χ1) is 19.0. The van der Waals surface area contributed by atoms with Crippen molar-refractivity contribution in [1.82, 2.24) is 10.3 Å². The summed E-state index contributed by atoms with van der Waals surface area (Å²) in [6.45, 7) is 1.94. The molecule has 0 amide bonds. The van der Waals surface area contributed by atoms with Gasteiger partial charge in [0.25, 0.3) is 0 Å². The Balaban J connectivity index is 1.45. The fourth-order valence-electron chi connectivity index (χ4n) is 6.90. The van der Waals surface area contributed by atoms with Crippen LogP contribution >= 0.6 is 0 Å². The summed E-state index contributed by atoms with van der Waals surface area (Å²) in [5.74, 6) is 0.205. The van der Waals surface area contributed by atoms with Crippen molar-refractivity contribution in [3.63, 3.8) is 0 Å². The number of benzene rings is 1. The second kappa shape index (κ2) is 10.8. The number of Topliss-reactive ketones (excluding diaryl/α,β-unsaturated/α-hetero) is 1. The number of para-hydroxylation sites is 1. The molecule has 39 heavy (non-hydrogen) atoms. The largest absolute Gasteiger partial charge is 0.497 e. The van der Waals surface area contributed by atoms with Gasteiger partial charge in [-0.25, -0.2) is 4.79 Å². The quantitative estimate of drug-likeness (QED) is 0.447. The summed E-state index contributed by atoms with van der Waals surface area (Å²) in [5.41, 5.74) is 5.88. The lowest BCUT2D eigenvalue weighted by Crippen LogP contribution is -2.38. The topological polar surface area (TPSA) is 77.5 Å². The molecule has 2 heterocycles. The van der Waals surface area contributed by atoms with Crippen molar-refractivity contribution >= 4 is 22.7 Å². The second-order valence-electron chi connectivity index (χ2n) is 11.1. The molecule has 2 aromatic rings. The van der Waals surface area contributed by atoms with Gasteiger partial charge in [0.2, 0.25) is 0 Å². The SMILES string of the molecule is COC1=C(C2CC(=O)C3=C(C2)NC(C)=C(C(=O)OC2CCCCC2)C3c2ccnc3ccccc23)CCC=C1. The van der Waals surface area contributed by atoms with Crippen LogP contribution in [0.25, 0.3) is 10.9 Å². The number of nitrogens with one attached hydrogen (secondary N) is 1. The fourth-order valence-corrected chi connectivity index (χ4v) is 6.90. The number of pyridine rings is 1. The zero-order valence-electron chi connectivity index (χ0n) is 22.8. The Morgan fingerprint density at radius 3 is 2.72 bits per heavy atom. The maximum Gasteiger partial charge on any atom is 0.337 e. The Morgan fingerprint density at radius 2 is 1.90 bits per heavy atom. The summed E-state index contributed by atoms with van der Waals surface area (Å²) in [7, 11) is 1.70. The molecule has 1 aliphatic heterocycles. The number of carbonyl (C=O) groups excluding carboxylic acids is 2. The van der Waals surface area contributed by atoms with Gasteiger partial charge in [0.1, 0.15) is 11.9 Å². The number of hydrogen-bond acceptors (Lipinski definition) is 6.